The van der Waals surface area contributed by atoms with Crippen LogP contribution in [-0.4, -0.2) is 46.5 Å². The Morgan fingerprint density at radius 1 is 1.37 bits per heavy atom. The van der Waals surface area contributed by atoms with Crippen LogP contribution in [0.5, 0.6) is 5.75 Å². The summed E-state index contributed by atoms with van der Waals surface area (Å²) >= 11 is 5.96. The number of phenols is 1. The first kappa shape index (κ1) is 12.8. The maximum atomic E-state index is 11.6. The fourth-order valence-electron chi connectivity index (χ4n) is 2.99. The van der Waals surface area contributed by atoms with E-state index in [4.69, 9.17) is 11.6 Å². The molecule has 2 fully saturated rings. The Morgan fingerprint density at radius 3 is 3.05 bits per heavy atom. The van der Waals surface area contributed by atoms with Crippen molar-refractivity contribution in [3.63, 3.8) is 0 Å². The highest BCUT2D eigenvalue weighted by atomic mass is 35.5. The lowest BCUT2D eigenvalue weighted by Crippen LogP contribution is -2.50. The molecular formula is C14H17ClN2O2. The molecule has 0 radical (unpaired) electrons. The number of hydrogen-bond acceptors (Lipinski definition) is 3. The number of benzene rings is 1. The zero-order valence-electron chi connectivity index (χ0n) is 10.7. The summed E-state index contributed by atoms with van der Waals surface area (Å²) in [6.45, 7) is 3.22. The smallest absolute Gasteiger partial charge is 0.222 e. The minimum Gasteiger partial charge on any atom is -0.508 e. The summed E-state index contributed by atoms with van der Waals surface area (Å²) in [5, 5.41) is 10.5. The molecular weight excluding hydrogens is 264 g/mol. The van der Waals surface area contributed by atoms with Crippen LogP contribution in [0.3, 0.4) is 0 Å². The molecule has 4 nitrogen and oxygen atoms in total. The number of rotatable bonds is 2. The zero-order valence-corrected chi connectivity index (χ0v) is 11.4. The molecule has 19 heavy (non-hydrogen) atoms. The molecule has 0 aliphatic carbocycles. The van der Waals surface area contributed by atoms with Crippen molar-refractivity contribution in [3.05, 3.63) is 28.8 Å². The molecule has 0 saturated carbocycles. The van der Waals surface area contributed by atoms with Crippen LogP contribution in [-0.2, 0) is 11.3 Å². The van der Waals surface area contributed by atoms with E-state index in [1.165, 1.54) is 0 Å². The van der Waals surface area contributed by atoms with E-state index < -0.39 is 0 Å². The molecule has 1 N–H and O–H groups in total. The third-order valence-corrected chi connectivity index (χ3v) is 4.25. The van der Waals surface area contributed by atoms with Crippen molar-refractivity contribution in [1.82, 2.24) is 9.80 Å². The van der Waals surface area contributed by atoms with Gasteiger partial charge in [-0.15, -0.1) is 0 Å². The van der Waals surface area contributed by atoms with Crippen molar-refractivity contribution < 1.29 is 9.90 Å². The van der Waals surface area contributed by atoms with Gasteiger partial charge in [0, 0.05) is 49.2 Å². The molecule has 5 heteroatoms. The zero-order chi connectivity index (χ0) is 13.4. The number of hydrogen-bond donors (Lipinski definition) is 1. The average molecular weight is 281 g/mol. The molecule has 102 valence electrons. The highest BCUT2D eigenvalue weighted by Gasteiger charge is 2.35. The molecule has 2 aliphatic rings. The summed E-state index contributed by atoms with van der Waals surface area (Å²) in [6.07, 6.45) is 1.64. The Hall–Kier alpha value is -1.26. The second kappa shape index (κ2) is 5.02. The van der Waals surface area contributed by atoms with Gasteiger partial charge >= 0.3 is 0 Å². The van der Waals surface area contributed by atoms with E-state index in [-0.39, 0.29) is 11.7 Å². The van der Waals surface area contributed by atoms with Crippen molar-refractivity contribution in [1.29, 1.82) is 0 Å². The Kier molecular flexibility index (Phi) is 3.37. The van der Waals surface area contributed by atoms with Gasteiger partial charge in [0.1, 0.15) is 5.75 Å². The molecule has 2 heterocycles. The van der Waals surface area contributed by atoms with E-state index in [0.29, 0.717) is 24.0 Å². The number of halogens is 1. The van der Waals surface area contributed by atoms with Gasteiger partial charge in [-0.2, -0.15) is 0 Å². The maximum absolute atomic E-state index is 11.6. The number of carbonyl (C=O) groups excluding carboxylic acids is 1. The van der Waals surface area contributed by atoms with Crippen LogP contribution in [0.4, 0.5) is 0 Å². The Balaban J connectivity index is 1.68. The van der Waals surface area contributed by atoms with Crippen LogP contribution < -0.4 is 0 Å². The van der Waals surface area contributed by atoms with E-state index in [0.717, 1.165) is 31.6 Å². The predicted octanol–water partition coefficient (Wildman–Crippen LogP) is 1.85. The molecule has 1 amide bonds. The third-order valence-electron chi connectivity index (χ3n) is 4.01. The molecule has 2 saturated heterocycles. The molecule has 1 atom stereocenters. The predicted molar refractivity (Wildman–Crippen MR) is 73.1 cm³/mol. The molecule has 1 aromatic rings. The lowest BCUT2D eigenvalue weighted by molar-refractivity contribution is -0.130. The number of phenolic OH excluding ortho intramolecular Hbond substituents is 1. The van der Waals surface area contributed by atoms with Crippen LogP contribution >= 0.6 is 11.6 Å². The number of piperazine rings is 1. The average Bonchev–Trinajstić information content (AvgIpc) is 2.75. The van der Waals surface area contributed by atoms with Gasteiger partial charge in [0.25, 0.3) is 0 Å². The molecule has 0 aromatic heterocycles. The molecule has 1 aromatic carbocycles. The van der Waals surface area contributed by atoms with Gasteiger partial charge in [-0.25, -0.2) is 0 Å². The Bertz CT molecular complexity index is 506. The second-order valence-electron chi connectivity index (χ2n) is 5.29. The van der Waals surface area contributed by atoms with Crippen molar-refractivity contribution in [3.8, 4) is 5.75 Å². The quantitative estimate of drug-likeness (QED) is 0.899. The van der Waals surface area contributed by atoms with Gasteiger partial charge in [-0.3, -0.25) is 9.69 Å². The van der Waals surface area contributed by atoms with Gasteiger partial charge < -0.3 is 10.0 Å². The first-order valence-electron chi connectivity index (χ1n) is 6.63. The summed E-state index contributed by atoms with van der Waals surface area (Å²) < 4.78 is 0. The normalized spacial score (nSPS) is 23.7. The summed E-state index contributed by atoms with van der Waals surface area (Å²) in [5.74, 6) is 0.574. The lowest BCUT2D eigenvalue weighted by atomic mass is 10.1. The number of aromatic hydroxyl groups is 1. The summed E-state index contributed by atoms with van der Waals surface area (Å²) in [5.41, 5.74) is 0.852. The highest BCUT2D eigenvalue weighted by Crippen LogP contribution is 2.27. The van der Waals surface area contributed by atoms with E-state index in [1.54, 1.807) is 12.1 Å². The van der Waals surface area contributed by atoms with Crippen LogP contribution in [0.2, 0.25) is 5.02 Å². The number of amides is 1. The SMILES string of the molecule is O=C1CCC2CN(Cc3cc(Cl)ccc3O)CCN12. The van der Waals surface area contributed by atoms with Gasteiger partial charge in [0.05, 0.1) is 0 Å². The molecule has 3 rings (SSSR count). The minimum absolute atomic E-state index is 0.286. The largest absolute Gasteiger partial charge is 0.508 e. The number of carbonyl (C=O) groups is 1. The molecule has 0 bridgehead atoms. The van der Waals surface area contributed by atoms with E-state index in [2.05, 4.69) is 4.90 Å². The second-order valence-corrected chi connectivity index (χ2v) is 5.72. The maximum Gasteiger partial charge on any atom is 0.222 e. The van der Waals surface area contributed by atoms with Gasteiger partial charge in [-0.05, 0) is 24.6 Å². The fraction of sp³-hybridized carbons (Fsp3) is 0.500. The van der Waals surface area contributed by atoms with Crippen molar-refractivity contribution in [2.45, 2.75) is 25.4 Å². The monoisotopic (exact) mass is 280 g/mol. The van der Waals surface area contributed by atoms with Crippen molar-refractivity contribution in [2.24, 2.45) is 0 Å². The number of nitrogens with zero attached hydrogens (tertiary/aromatic N) is 2. The topological polar surface area (TPSA) is 43.8 Å². The van der Waals surface area contributed by atoms with Crippen LogP contribution in [0.1, 0.15) is 18.4 Å². The fourth-order valence-corrected chi connectivity index (χ4v) is 3.19. The van der Waals surface area contributed by atoms with E-state index in [1.807, 2.05) is 11.0 Å². The standard InChI is InChI=1S/C14H17ClN2O2/c15-11-1-3-13(18)10(7-11)8-16-5-6-17-12(9-16)2-4-14(17)19/h1,3,7,12,18H,2,4-6,8-9H2. The highest BCUT2D eigenvalue weighted by molar-refractivity contribution is 6.30. The van der Waals surface area contributed by atoms with Crippen LogP contribution in [0.15, 0.2) is 18.2 Å². The van der Waals surface area contributed by atoms with Gasteiger partial charge in [0.2, 0.25) is 5.91 Å². The third kappa shape index (κ3) is 2.55. The first-order valence-corrected chi connectivity index (χ1v) is 7.00. The molecule has 1 unspecified atom stereocenters. The van der Waals surface area contributed by atoms with E-state index in [9.17, 15) is 9.90 Å². The van der Waals surface area contributed by atoms with Crippen molar-refractivity contribution >= 4 is 17.5 Å². The summed E-state index contributed by atoms with van der Waals surface area (Å²) in [6, 6.07) is 5.48. The Labute approximate surface area is 117 Å². The van der Waals surface area contributed by atoms with Crippen LogP contribution in [0.25, 0.3) is 0 Å². The summed E-state index contributed by atoms with van der Waals surface area (Å²) in [7, 11) is 0. The molecule has 2 aliphatic heterocycles. The summed E-state index contributed by atoms with van der Waals surface area (Å²) in [4.78, 5) is 15.9. The van der Waals surface area contributed by atoms with Crippen LogP contribution in [0, 0.1) is 0 Å². The van der Waals surface area contributed by atoms with E-state index >= 15 is 0 Å². The minimum atomic E-state index is 0.286. The Morgan fingerprint density at radius 2 is 2.21 bits per heavy atom. The first-order chi connectivity index (χ1) is 9.13. The number of fused-ring (bicyclic) bond motifs is 1. The van der Waals surface area contributed by atoms with Gasteiger partial charge in [0.15, 0.2) is 0 Å². The van der Waals surface area contributed by atoms with Gasteiger partial charge in [-0.1, -0.05) is 11.6 Å². The van der Waals surface area contributed by atoms with Crippen molar-refractivity contribution in [2.75, 3.05) is 19.6 Å². The molecule has 0 spiro atoms. The lowest BCUT2D eigenvalue weighted by Gasteiger charge is -2.37.